The predicted octanol–water partition coefficient (Wildman–Crippen LogP) is 5.16. The van der Waals surface area contributed by atoms with E-state index in [1.165, 1.54) is 12.3 Å². The second-order valence-corrected chi connectivity index (χ2v) is 9.13. The largest absolute Gasteiger partial charge is 0.481 e. The summed E-state index contributed by atoms with van der Waals surface area (Å²) in [6.07, 6.45) is 3.29. The van der Waals surface area contributed by atoms with Crippen LogP contribution in [0.3, 0.4) is 0 Å². The summed E-state index contributed by atoms with van der Waals surface area (Å²) in [4.78, 5) is 36.9. The molecule has 5 rings (SSSR count). The van der Waals surface area contributed by atoms with Crippen molar-refractivity contribution in [3.05, 3.63) is 77.7 Å². The van der Waals surface area contributed by atoms with Gasteiger partial charge in [-0.05, 0) is 35.1 Å². The molecule has 180 valence electrons. The van der Waals surface area contributed by atoms with Crippen LogP contribution in [0.5, 0.6) is 0 Å². The molecule has 8 heteroatoms. The second-order valence-electron chi connectivity index (χ2n) is 9.13. The lowest BCUT2D eigenvalue weighted by atomic mass is 9.93. The average Bonchev–Trinajstić information content (AvgIpc) is 3.55. The quantitative estimate of drug-likeness (QED) is 0.435. The first-order chi connectivity index (χ1) is 17.0. The van der Waals surface area contributed by atoms with Crippen molar-refractivity contribution in [1.82, 2.24) is 5.32 Å². The molecule has 2 aliphatic carbocycles. The summed E-state index contributed by atoms with van der Waals surface area (Å²) in [5.41, 5.74) is 3.83. The Morgan fingerprint density at radius 2 is 1.60 bits per heavy atom. The predicted molar refractivity (Wildman–Crippen MR) is 128 cm³/mol. The fraction of sp³-hybridized carbons (Fsp3) is 0.296. The molecule has 0 bridgehead atoms. The molecule has 0 saturated heterocycles. The first-order valence-electron chi connectivity index (χ1n) is 11.7. The van der Waals surface area contributed by atoms with Gasteiger partial charge in [0.05, 0.1) is 23.9 Å². The Labute approximate surface area is 202 Å². The Hall–Kier alpha value is -4.07. The molecule has 0 aliphatic heterocycles. The van der Waals surface area contributed by atoms with Crippen molar-refractivity contribution in [2.75, 3.05) is 11.9 Å². The second kappa shape index (κ2) is 9.29. The molecule has 1 fully saturated rings. The van der Waals surface area contributed by atoms with Crippen LogP contribution in [0.4, 0.5) is 10.5 Å². The summed E-state index contributed by atoms with van der Waals surface area (Å²) < 4.78 is 10.9. The molecule has 0 radical (unpaired) electrons. The zero-order valence-corrected chi connectivity index (χ0v) is 19.1. The third-order valence-corrected chi connectivity index (χ3v) is 6.88. The summed E-state index contributed by atoms with van der Waals surface area (Å²) in [7, 11) is 0. The molecule has 0 atom stereocenters. The number of hydrogen-bond acceptors (Lipinski definition) is 5. The first-order valence-corrected chi connectivity index (χ1v) is 11.7. The third kappa shape index (κ3) is 4.51. The van der Waals surface area contributed by atoms with E-state index in [0.717, 1.165) is 35.1 Å². The number of amides is 2. The van der Waals surface area contributed by atoms with Crippen molar-refractivity contribution < 1.29 is 28.6 Å². The number of aliphatic carboxylic acids is 1. The summed E-state index contributed by atoms with van der Waals surface area (Å²) in [6, 6.07) is 17.6. The number of nitrogens with one attached hydrogen (secondary N) is 2. The summed E-state index contributed by atoms with van der Waals surface area (Å²) in [5, 5.41) is 14.7. The molecule has 2 aliphatic rings. The molecule has 8 nitrogen and oxygen atoms in total. The number of carboxylic acid groups (broad SMARTS) is 1. The van der Waals surface area contributed by atoms with E-state index in [0.29, 0.717) is 12.8 Å². The van der Waals surface area contributed by atoms with Gasteiger partial charge < -0.3 is 19.6 Å². The summed E-state index contributed by atoms with van der Waals surface area (Å²) in [5.74, 6) is -1.70. The van der Waals surface area contributed by atoms with Gasteiger partial charge in [0.15, 0.2) is 0 Å². The minimum absolute atomic E-state index is 0.0847. The summed E-state index contributed by atoms with van der Waals surface area (Å²) in [6.45, 7) is 0.140. The van der Waals surface area contributed by atoms with Gasteiger partial charge in [-0.15, -0.1) is 0 Å². The van der Waals surface area contributed by atoms with Crippen LogP contribution in [-0.4, -0.2) is 35.2 Å². The maximum atomic E-state index is 12.9. The molecule has 1 aromatic heterocycles. The molecule has 3 N–H and O–H groups in total. The number of carbonyl (C=O) groups excluding carboxylic acids is 2. The van der Waals surface area contributed by atoms with E-state index in [9.17, 15) is 19.5 Å². The Balaban J connectivity index is 1.25. The average molecular weight is 475 g/mol. The van der Waals surface area contributed by atoms with E-state index < -0.39 is 23.5 Å². The lowest BCUT2D eigenvalue weighted by Crippen LogP contribution is -2.47. The van der Waals surface area contributed by atoms with Crippen molar-refractivity contribution in [3.63, 3.8) is 0 Å². The van der Waals surface area contributed by atoms with E-state index in [1.807, 2.05) is 36.4 Å². The highest BCUT2D eigenvalue weighted by Gasteiger charge is 2.38. The molecule has 1 saturated carbocycles. The smallest absolute Gasteiger partial charge is 0.411 e. The Kier molecular flexibility index (Phi) is 6.03. The first kappa shape index (κ1) is 22.7. The number of benzene rings is 2. The third-order valence-electron chi connectivity index (χ3n) is 6.88. The van der Waals surface area contributed by atoms with Crippen molar-refractivity contribution in [1.29, 1.82) is 0 Å². The number of fused-ring (bicyclic) bond motifs is 3. The highest BCUT2D eigenvalue weighted by Crippen LogP contribution is 2.44. The van der Waals surface area contributed by atoms with Crippen LogP contribution in [0.25, 0.3) is 11.1 Å². The highest BCUT2D eigenvalue weighted by atomic mass is 16.5. The number of carbonyl (C=O) groups is 3. The van der Waals surface area contributed by atoms with Gasteiger partial charge in [0.1, 0.15) is 6.61 Å². The van der Waals surface area contributed by atoms with E-state index >= 15 is 0 Å². The zero-order valence-electron chi connectivity index (χ0n) is 19.1. The maximum Gasteiger partial charge on any atom is 0.411 e. The van der Waals surface area contributed by atoms with Crippen molar-refractivity contribution in [2.24, 2.45) is 0 Å². The number of carboxylic acids is 1. The van der Waals surface area contributed by atoms with Crippen LogP contribution in [0.2, 0.25) is 0 Å². The van der Waals surface area contributed by atoms with Crippen LogP contribution in [0.1, 0.15) is 59.7 Å². The van der Waals surface area contributed by atoms with E-state index in [4.69, 9.17) is 9.15 Å². The minimum atomic E-state index is -0.969. The number of anilines is 1. The van der Waals surface area contributed by atoms with E-state index in [1.54, 1.807) is 0 Å². The molecule has 3 aromatic rings. The van der Waals surface area contributed by atoms with E-state index in [-0.39, 0.29) is 30.4 Å². The fourth-order valence-electron chi connectivity index (χ4n) is 5.31. The van der Waals surface area contributed by atoms with Crippen LogP contribution in [0, 0.1) is 0 Å². The Morgan fingerprint density at radius 3 is 2.23 bits per heavy atom. The highest BCUT2D eigenvalue weighted by molar-refractivity contribution is 6.00. The zero-order chi connectivity index (χ0) is 24.4. The fourth-order valence-corrected chi connectivity index (χ4v) is 5.31. The van der Waals surface area contributed by atoms with Gasteiger partial charge in [-0.25, -0.2) is 4.79 Å². The Morgan fingerprint density at radius 1 is 0.971 bits per heavy atom. The van der Waals surface area contributed by atoms with Gasteiger partial charge in [-0.3, -0.25) is 14.9 Å². The van der Waals surface area contributed by atoms with Crippen LogP contribution in [0.15, 0.2) is 65.3 Å². The molecule has 35 heavy (non-hydrogen) atoms. The molecule has 1 heterocycles. The van der Waals surface area contributed by atoms with Gasteiger partial charge in [-0.1, -0.05) is 61.4 Å². The molecular formula is C27H26N2O6. The molecule has 0 spiro atoms. The van der Waals surface area contributed by atoms with Crippen LogP contribution < -0.4 is 10.6 Å². The molecule has 0 unspecified atom stereocenters. The number of rotatable bonds is 7. The van der Waals surface area contributed by atoms with E-state index in [2.05, 4.69) is 22.8 Å². The normalized spacial score (nSPS) is 15.8. The molecule has 2 amide bonds. The lowest BCUT2D eigenvalue weighted by Gasteiger charge is -2.28. The number of ether oxygens (including phenoxy) is 1. The monoisotopic (exact) mass is 474 g/mol. The molecule has 2 aromatic carbocycles. The Bertz CT molecular complexity index is 1230. The maximum absolute atomic E-state index is 12.9. The summed E-state index contributed by atoms with van der Waals surface area (Å²) >= 11 is 0. The standard InChI is InChI=1S/C27H26N2O6/c30-23(31)15-27(12-5-6-13-27)29-25(32)24-22(11-14-34-24)28-26(33)35-16-21-19-9-3-1-7-17(19)18-8-2-4-10-20(18)21/h1-4,7-11,14,21H,5-6,12-13,15-16H2,(H,28,33)(H,29,32)(H,30,31). The number of furan rings is 1. The van der Waals surface area contributed by atoms with Gasteiger partial charge in [0, 0.05) is 12.0 Å². The van der Waals surface area contributed by atoms with Gasteiger partial charge in [-0.2, -0.15) is 0 Å². The van der Waals surface area contributed by atoms with Crippen LogP contribution in [-0.2, 0) is 9.53 Å². The van der Waals surface area contributed by atoms with Crippen molar-refractivity contribution in [3.8, 4) is 11.1 Å². The minimum Gasteiger partial charge on any atom is -0.481 e. The van der Waals surface area contributed by atoms with Crippen molar-refractivity contribution in [2.45, 2.75) is 43.6 Å². The number of hydrogen-bond donors (Lipinski definition) is 3. The van der Waals surface area contributed by atoms with Crippen LogP contribution >= 0.6 is 0 Å². The van der Waals surface area contributed by atoms with Gasteiger partial charge in [0.25, 0.3) is 5.91 Å². The topological polar surface area (TPSA) is 118 Å². The SMILES string of the molecule is O=C(O)CC1(NC(=O)c2occc2NC(=O)OCC2c3ccccc3-c3ccccc32)CCCC1. The van der Waals surface area contributed by atoms with Gasteiger partial charge in [0.2, 0.25) is 5.76 Å². The van der Waals surface area contributed by atoms with Crippen molar-refractivity contribution >= 4 is 23.7 Å². The molecular weight excluding hydrogens is 448 g/mol. The van der Waals surface area contributed by atoms with Gasteiger partial charge >= 0.3 is 12.1 Å². The lowest BCUT2D eigenvalue weighted by molar-refractivity contribution is -0.138.